The van der Waals surface area contributed by atoms with Crippen molar-refractivity contribution >= 4 is 5.97 Å². The maximum Gasteiger partial charge on any atom is 0.334 e. The molecule has 0 spiro atoms. The molecular formula is C15H20O3. The van der Waals surface area contributed by atoms with Gasteiger partial charge in [-0.15, -0.1) is 0 Å². The van der Waals surface area contributed by atoms with E-state index in [9.17, 15) is 4.79 Å². The number of esters is 1. The minimum atomic E-state index is -0.188. The van der Waals surface area contributed by atoms with Gasteiger partial charge in [0, 0.05) is 17.9 Å². The van der Waals surface area contributed by atoms with Crippen molar-refractivity contribution in [1.82, 2.24) is 0 Å². The van der Waals surface area contributed by atoms with Gasteiger partial charge in [0.25, 0.3) is 0 Å². The summed E-state index contributed by atoms with van der Waals surface area (Å²) in [5.74, 6) is 1.25. The Morgan fingerprint density at radius 1 is 1.28 bits per heavy atom. The monoisotopic (exact) mass is 248 g/mol. The molecule has 0 N–H and O–H groups in total. The fraction of sp³-hybridized carbons (Fsp3) is 0.800. The number of carbonyl (C=O) groups excluding carboxylic acids is 1. The van der Waals surface area contributed by atoms with Crippen LogP contribution in [-0.2, 0) is 14.3 Å². The number of hydrogen-bond donors (Lipinski definition) is 0. The van der Waals surface area contributed by atoms with Gasteiger partial charge in [0.1, 0.15) is 6.10 Å². The summed E-state index contributed by atoms with van der Waals surface area (Å²) in [6, 6.07) is 0. The van der Waals surface area contributed by atoms with E-state index >= 15 is 0 Å². The summed E-state index contributed by atoms with van der Waals surface area (Å²) in [7, 11) is 0. The number of ether oxygens (including phenoxy) is 2. The minimum absolute atomic E-state index is 0.00477. The first-order valence-corrected chi connectivity index (χ1v) is 7.03. The van der Waals surface area contributed by atoms with Crippen molar-refractivity contribution in [1.29, 1.82) is 0 Å². The van der Waals surface area contributed by atoms with Crippen LogP contribution in [0, 0.1) is 17.8 Å². The first kappa shape index (κ1) is 11.0. The molecule has 2 heterocycles. The zero-order valence-electron chi connectivity index (χ0n) is 11.1. The van der Waals surface area contributed by atoms with E-state index in [-0.39, 0.29) is 29.2 Å². The topological polar surface area (TPSA) is 35.5 Å². The summed E-state index contributed by atoms with van der Waals surface area (Å²) in [6.07, 6.45) is 4.30. The molecule has 3 nitrogen and oxygen atoms in total. The predicted octanol–water partition coefficient (Wildman–Crippen LogP) is 2.45. The lowest BCUT2D eigenvalue weighted by Gasteiger charge is -2.39. The Bertz CT molecular complexity index is 457. The quantitative estimate of drug-likeness (QED) is 0.488. The second-order valence-electron chi connectivity index (χ2n) is 6.99. The van der Waals surface area contributed by atoms with E-state index in [1.165, 1.54) is 6.42 Å². The van der Waals surface area contributed by atoms with Crippen molar-refractivity contribution in [2.75, 3.05) is 0 Å². The molecule has 6 atom stereocenters. The van der Waals surface area contributed by atoms with Gasteiger partial charge in [-0.1, -0.05) is 6.58 Å². The van der Waals surface area contributed by atoms with E-state index in [0.717, 1.165) is 19.3 Å². The van der Waals surface area contributed by atoms with Crippen LogP contribution in [0.5, 0.6) is 0 Å². The first-order valence-electron chi connectivity index (χ1n) is 7.03. The minimum Gasteiger partial charge on any atom is -0.458 e. The van der Waals surface area contributed by atoms with E-state index in [4.69, 9.17) is 9.47 Å². The van der Waals surface area contributed by atoms with Crippen LogP contribution in [0.25, 0.3) is 0 Å². The van der Waals surface area contributed by atoms with E-state index in [2.05, 4.69) is 20.4 Å². The van der Waals surface area contributed by atoms with E-state index < -0.39 is 0 Å². The van der Waals surface area contributed by atoms with Crippen LogP contribution in [0.15, 0.2) is 12.2 Å². The molecule has 4 fully saturated rings. The van der Waals surface area contributed by atoms with Crippen LogP contribution in [0.2, 0.25) is 0 Å². The fourth-order valence-electron chi connectivity index (χ4n) is 5.15. The summed E-state index contributed by atoms with van der Waals surface area (Å²) in [4.78, 5) is 11.7. The third-order valence-corrected chi connectivity index (χ3v) is 6.00. The summed E-state index contributed by atoms with van der Waals surface area (Å²) < 4.78 is 11.9. The molecule has 3 heteroatoms. The molecule has 2 saturated heterocycles. The highest BCUT2D eigenvalue weighted by molar-refractivity contribution is 5.90. The number of carbonyl (C=O) groups is 1. The molecule has 6 unspecified atom stereocenters. The molecule has 4 rings (SSSR count). The molecule has 0 aromatic carbocycles. The summed E-state index contributed by atoms with van der Waals surface area (Å²) >= 11 is 0. The lowest BCUT2D eigenvalue weighted by atomic mass is 9.79. The summed E-state index contributed by atoms with van der Waals surface area (Å²) in [6.45, 7) is 8.41. The number of rotatable bonds is 0. The highest BCUT2D eigenvalue weighted by Crippen LogP contribution is 2.63. The van der Waals surface area contributed by atoms with Gasteiger partial charge >= 0.3 is 5.97 Å². The molecule has 0 amide bonds. The van der Waals surface area contributed by atoms with Crippen LogP contribution < -0.4 is 0 Å². The second-order valence-corrected chi connectivity index (χ2v) is 6.99. The molecule has 4 bridgehead atoms. The Morgan fingerprint density at radius 3 is 2.83 bits per heavy atom. The molecule has 18 heavy (non-hydrogen) atoms. The Labute approximate surface area is 108 Å². The highest BCUT2D eigenvalue weighted by atomic mass is 16.6. The molecule has 98 valence electrons. The zero-order valence-corrected chi connectivity index (χ0v) is 11.1. The van der Waals surface area contributed by atoms with Gasteiger partial charge in [0.2, 0.25) is 0 Å². The summed E-state index contributed by atoms with van der Waals surface area (Å²) in [5.41, 5.74) is 0.623. The number of fused-ring (bicyclic) bond motifs is 1. The molecule has 0 aromatic rings. The van der Waals surface area contributed by atoms with Gasteiger partial charge in [-0.2, -0.15) is 0 Å². The van der Waals surface area contributed by atoms with Gasteiger partial charge in [0.05, 0.1) is 11.2 Å². The van der Waals surface area contributed by atoms with Crippen molar-refractivity contribution < 1.29 is 14.3 Å². The van der Waals surface area contributed by atoms with Gasteiger partial charge in [0.15, 0.2) is 0 Å². The van der Waals surface area contributed by atoms with Crippen LogP contribution in [0.3, 0.4) is 0 Å². The Balaban J connectivity index is 1.76. The van der Waals surface area contributed by atoms with Crippen LogP contribution in [-0.4, -0.2) is 23.3 Å². The van der Waals surface area contributed by atoms with Crippen LogP contribution >= 0.6 is 0 Å². The van der Waals surface area contributed by atoms with Crippen molar-refractivity contribution in [3.8, 4) is 0 Å². The predicted molar refractivity (Wildman–Crippen MR) is 65.9 cm³/mol. The fourth-order valence-corrected chi connectivity index (χ4v) is 5.15. The maximum absolute atomic E-state index is 11.7. The highest BCUT2D eigenvalue weighted by Gasteiger charge is 2.66. The van der Waals surface area contributed by atoms with Crippen molar-refractivity contribution in [3.05, 3.63) is 12.2 Å². The third kappa shape index (κ3) is 1.12. The molecule has 4 aliphatic rings. The molecule has 2 aliphatic carbocycles. The largest absolute Gasteiger partial charge is 0.458 e. The molecule has 0 radical (unpaired) electrons. The van der Waals surface area contributed by atoms with E-state index in [1.54, 1.807) is 0 Å². The lowest BCUT2D eigenvalue weighted by Crippen LogP contribution is -2.42. The van der Waals surface area contributed by atoms with E-state index in [1.807, 2.05) is 0 Å². The third-order valence-electron chi connectivity index (χ3n) is 6.00. The van der Waals surface area contributed by atoms with Gasteiger partial charge < -0.3 is 9.47 Å². The zero-order chi connectivity index (χ0) is 12.7. The molecule has 0 aromatic heterocycles. The smallest absolute Gasteiger partial charge is 0.334 e. The first-order chi connectivity index (χ1) is 8.43. The Hall–Kier alpha value is -0.830. The maximum atomic E-state index is 11.7. The van der Waals surface area contributed by atoms with Crippen molar-refractivity contribution in [2.45, 2.75) is 56.8 Å². The molecular weight excluding hydrogens is 228 g/mol. The summed E-state index contributed by atoms with van der Waals surface area (Å²) in [5, 5.41) is 0. The molecule has 2 aliphatic heterocycles. The van der Waals surface area contributed by atoms with Gasteiger partial charge in [-0.3, -0.25) is 0 Å². The van der Waals surface area contributed by atoms with Crippen LogP contribution in [0.1, 0.15) is 39.5 Å². The lowest BCUT2D eigenvalue weighted by molar-refractivity contribution is -0.159. The van der Waals surface area contributed by atoms with Gasteiger partial charge in [-0.25, -0.2) is 4.79 Å². The van der Waals surface area contributed by atoms with Crippen LogP contribution in [0.4, 0.5) is 0 Å². The average Bonchev–Trinajstić information content (AvgIpc) is 2.74. The van der Waals surface area contributed by atoms with E-state index in [0.29, 0.717) is 17.4 Å². The van der Waals surface area contributed by atoms with Gasteiger partial charge in [-0.05, 0) is 44.9 Å². The second kappa shape index (κ2) is 3.01. The average molecular weight is 248 g/mol. The van der Waals surface area contributed by atoms with Crippen molar-refractivity contribution in [2.24, 2.45) is 17.8 Å². The normalized spacial score (nSPS) is 57.4. The number of hydrogen-bond acceptors (Lipinski definition) is 3. The SMILES string of the molecule is C=C1C(=O)OC2CC3(C)OC4(C)CCC3C4CC12. The Kier molecular flexibility index (Phi) is 1.84. The molecule has 2 saturated carbocycles. The van der Waals surface area contributed by atoms with Crippen molar-refractivity contribution in [3.63, 3.8) is 0 Å². The standard InChI is InChI=1S/C15H20O3/c1-8-9-6-11-10-4-5-14(11,2)18-15(10,3)7-12(9)17-13(8)16/h9-12H,1,4-7H2,2-3H3. The Morgan fingerprint density at radius 2 is 2.06 bits per heavy atom.